The van der Waals surface area contributed by atoms with Crippen molar-refractivity contribution in [2.75, 3.05) is 0 Å². The number of fused-ring (bicyclic) bond motifs is 1. The molecule has 1 aromatic carbocycles. The molecule has 0 aliphatic rings. The zero-order chi connectivity index (χ0) is 13.2. The van der Waals surface area contributed by atoms with Crippen LogP contribution in [0, 0.1) is 4.91 Å². The number of imidazole rings is 1. The van der Waals surface area contributed by atoms with E-state index in [1.807, 2.05) is 28.8 Å². The lowest BCUT2D eigenvalue weighted by molar-refractivity contribution is 0.478. The SMILES string of the molecule is O=Nc1ccc(-c2c(CF)nc3ccccn23)cc1. The van der Waals surface area contributed by atoms with Crippen molar-refractivity contribution in [3.8, 4) is 11.3 Å². The van der Waals surface area contributed by atoms with Gasteiger partial charge in [-0.1, -0.05) is 18.2 Å². The third kappa shape index (κ3) is 1.89. The first-order valence-corrected chi connectivity index (χ1v) is 5.79. The first-order chi connectivity index (χ1) is 9.33. The minimum atomic E-state index is -0.634. The van der Waals surface area contributed by atoms with E-state index in [1.54, 1.807) is 24.3 Å². The molecule has 0 amide bonds. The molecule has 0 bridgehead atoms. The summed E-state index contributed by atoms with van der Waals surface area (Å²) in [6.07, 6.45) is 1.84. The van der Waals surface area contributed by atoms with Crippen LogP contribution in [0.4, 0.5) is 10.1 Å². The fraction of sp³-hybridized carbons (Fsp3) is 0.0714. The highest BCUT2D eigenvalue weighted by molar-refractivity contribution is 5.68. The summed E-state index contributed by atoms with van der Waals surface area (Å²) >= 11 is 0. The van der Waals surface area contributed by atoms with Gasteiger partial charge in [0, 0.05) is 11.8 Å². The Morgan fingerprint density at radius 2 is 1.95 bits per heavy atom. The molecule has 3 aromatic rings. The molecule has 0 fully saturated rings. The molecule has 94 valence electrons. The zero-order valence-corrected chi connectivity index (χ0v) is 9.95. The summed E-state index contributed by atoms with van der Waals surface area (Å²) in [6, 6.07) is 12.2. The van der Waals surface area contributed by atoms with Gasteiger partial charge in [-0.2, -0.15) is 0 Å². The highest BCUT2D eigenvalue weighted by atomic mass is 19.1. The minimum absolute atomic E-state index is 0.347. The van der Waals surface area contributed by atoms with Crippen molar-refractivity contribution < 1.29 is 4.39 Å². The molecule has 0 radical (unpaired) electrons. The van der Waals surface area contributed by atoms with Crippen molar-refractivity contribution in [3.63, 3.8) is 0 Å². The van der Waals surface area contributed by atoms with Crippen LogP contribution in [0.25, 0.3) is 16.9 Å². The van der Waals surface area contributed by atoms with Gasteiger partial charge in [0.25, 0.3) is 0 Å². The van der Waals surface area contributed by atoms with Gasteiger partial charge in [-0.05, 0) is 29.4 Å². The van der Waals surface area contributed by atoms with Crippen LogP contribution in [0.3, 0.4) is 0 Å². The first-order valence-electron chi connectivity index (χ1n) is 5.79. The van der Waals surface area contributed by atoms with Crippen molar-refractivity contribution >= 4 is 11.3 Å². The molecule has 19 heavy (non-hydrogen) atoms. The number of rotatable bonds is 3. The second-order valence-electron chi connectivity index (χ2n) is 4.11. The van der Waals surface area contributed by atoms with Crippen LogP contribution in [-0.2, 0) is 6.67 Å². The first kappa shape index (κ1) is 11.5. The molecule has 0 spiro atoms. The molecule has 0 N–H and O–H groups in total. The number of halogens is 1. The van der Waals surface area contributed by atoms with Crippen LogP contribution >= 0.6 is 0 Å². The maximum absolute atomic E-state index is 13.1. The van der Waals surface area contributed by atoms with Crippen LogP contribution in [0.15, 0.2) is 53.8 Å². The van der Waals surface area contributed by atoms with E-state index >= 15 is 0 Å². The molecule has 0 unspecified atom stereocenters. The van der Waals surface area contributed by atoms with Crippen molar-refractivity contribution in [2.45, 2.75) is 6.67 Å². The fourth-order valence-electron chi connectivity index (χ4n) is 2.12. The molecule has 0 atom stereocenters. The van der Waals surface area contributed by atoms with Gasteiger partial charge in [-0.3, -0.25) is 4.40 Å². The van der Waals surface area contributed by atoms with Crippen LogP contribution in [-0.4, -0.2) is 9.38 Å². The standard InChI is InChI=1S/C14H10FN3O/c15-9-12-14(10-4-6-11(17-19)7-5-10)18-8-2-1-3-13(18)16-12/h1-8H,9H2. The van der Waals surface area contributed by atoms with Crippen molar-refractivity contribution in [3.05, 3.63) is 59.3 Å². The van der Waals surface area contributed by atoms with Crippen LogP contribution in [0.1, 0.15) is 5.69 Å². The van der Waals surface area contributed by atoms with Gasteiger partial charge in [-0.15, -0.1) is 4.91 Å². The molecule has 0 aliphatic carbocycles. The maximum Gasteiger partial charge on any atom is 0.137 e. The number of hydrogen-bond acceptors (Lipinski definition) is 3. The van der Waals surface area contributed by atoms with Gasteiger partial charge < -0.3 is 0 Å². The number of nitrogens with zero attached hydrogens (tertiary/aromatic N) is 3. The number of alkyl halides is 1. The highest BCUT2D eigenvalue weighted by Gasteiger charge is 2.13. The molecule has 2 aromatic heterocycles. The smallest absolute Gasteiger partial charge is 0.137 e. The fourth-order valence-corrected chi connectivity index (χ4v) is 2.12. The van der Waals surface area contributed by atoms with E-state index < -0.39 is 6.67 Å². The van der Waals surface area contributed by atoms with E-state index in [-0.39, 0.29) is 0 Å². The summed E-state index contributed by atoms with van der Waals surface area (Å²) in [7, 11) is 0. The Bertz CT molecular complexity index is 734. The summed E-state index contributed by atoms with van der Waals surface area (Å²) in [5.74, 6) is 0. The average Bonchev–Trinajstić information content (AvgIpc) is 2.86. The molecule has 0 aliphatic heterocycles. The van der Waals surface area contributed by atoms with E-state index in [0.717, 1.165) is 5.56 Å². The van der Waals surface area contributed by atoms with Gasteiger partial charge in [0.05, 0.1) is 11.4 Å². The number of benzene rings is 1. The van der Waals surface area contributed by atoms with Gasteiger partial charge in [0.15, 0.2) is 0 Å². The molecule has 3 rings (SSSR count). The summed E-state index contributed by atoms with van der Waals surface area (Å²) in [5.41, 5.74) is 2.94. The van der Waals surface area contributed by atoms with Crippen molar-refractivity contribution in [1.82, 2.24) is 9.38 Å². The second-order valence-corrected chi connectivity index (χ2v) is 4.11. The number of aromatic nitrogens is 2. The van der Waals surface area contributed by atoms with Crippen LogP contribution < -0.4 is 0 Å². The summed E-state index contributed by atoms with van der Waals surface area (Å²) in [4.78, 5) is 14.7. The molecule has 2 heterocycles. The van der Waals surface area contributed by atoms with E-state index in [0.29, 0.717) is 22.7 Å². The average molecular weight is 255 g/mol. The lowest BCUT2D eigenvalue weighted by Gasteiger charge is -2.03. The van der Waals surface area contributed by atoms with E-state index in [2.05, 4.69) is 10.2 Å². The number of hydrogen-bond donors (Lipinski definition) is 0. The lowest BCUT2D eigenvalue weighted by Crippen LogP contribution is -1.89. The summed E-state index contributed by atoms with van der Waals surface area (Å²) in [6.45, 7) is -0.634. The number of nitroso groups, excluding NO2 is 1. The number of pyridine rings is 1. The van der Waals surface area contributed by atoms with Gasteiger partial charge in [-0.25, -0.2) is 9.37 Å². The molecule has 5 heteroatoms. The third-order valence-electron chi connectivity index (χ3n) is 2.97. The highest BCUT2D eigenvalue weighted by Crippen LogP contribution is 2.27. The maximum atomic E-state index is 13.1. The normalized spacial score (nSPS) is 10.8. The van der Waals surface area contributed by atoms with Crippen LogP contribution in [0.2, 0.25) is 0 Å². The van der Waals surface area contributed by atoms with E-state index in [9.17, 15) is 9.30 Å². The Kier molecular flexibility index (Phi) is 2.79. The Morgan fingerprint density at radius 3 is 2.63 bits per heavy atom. The molecular formula is C14H10FN3O. The molecule has 4 nitrogen and oxygen atoms in total. The Hall–Kier alpha value is -2.56. The minimum Gasteiger partial charge on any atom is -0.299 e. The lowest BCUT2D eigenvalue weighted by atomic mass is 10.1. The molecule has 0 saturated carbocycles. The largest absolute Gasteiger partial charge is 0.299 e. The quantitative estimate of drug-likeness (QED) is 0.667. The van der Waals surface area contributed by atoms with Gasteiger partial charge in [0.2, 0.25) is 0 Å². The summed E-state index contributed by atoms with van der Waals surface area (Å²) < 4.78 is 14.9. The Balaban J connectivity index is 2.24. The molecule has 0 saturated heterocycles. The topological polar surface area (TPSA) is 46.7 Å². The van der Waals surface area contributed by atoms with Crippen molar-refractivity contribution in [1.29, 1.82) is 0 Å². The summed E-state index contributed by atoms with van der Waals surface area (Å²) in [5, 5.41) is 2.85. The van der Waals surface area contributed by atoms with Gasteiger partial charge in [0.1, 0.15) is 18.0 Å². The van der Waals surface area contributed by atoms with E-state index in [1.165, 1.54) is 0 Å². The predicted molar refractivity (Wildman–Crippen MR) is 70.9 cm³/mol. The Morgan fingerprint density at radius 1 is 1.16 bits per heavy atom. The van der Waals surface area contributed by atoms with Gasteiger partial charge >= 0.3 is 0 Å². The van der Waals surface area contributed by atoms with Crippen molar-refractivity contribution in [2.24, 2.45) is 5.18 Å². The Labute approximate surface area is 108 Å². The third-order valence-corrected chi connectivity index (χ3v) is 2.97. The zero-order valence-electron chi connectivity index (χ0n) is 9.95. The predicted octanol–water partition coefficient (Wildman–Crippen LogP) is 3.87. The van der Waals surface area contributed by atoms with E-state index in [4.69, 9.17) is 0 Å². The monoisotopic (exact) mass is 255 g/mol. The molecular weight excluding hydrogens is 245 g/mol. The van der Waals surface area contributed by atoms with Crippen LogP contribution in [0.5, 0.6) is 0 Å². The second kappa shape index (κ2) is 4.61.